The van der Waals surface area contributed by atoms with Gasteiger partial charge in [-0.1, -0.05) is 72.3 Å². The second-order valence-electron chi connectivity index (χ2n) is 12.4. The molecule has 8 aromatic rings. The Morgan fingerprint density at radius 2 is 0.726 bits per heavy atom. The van der Waals surface area contributed by atoms with Crippen LogP contribution in [-0.2, 0) is 0 Å². The highest BCUT2D eigenvalue weighted by Crippen LogP contribution is 2.34. The first-order chi connectivity index (χ1) is 30.0. The van der Waals surface area contributed by atoms with Crippen molar-refractivity contribution in [3.63, 3.8) is 0 Å². The summed E-state index contributed by atoms with van der Waals surface area (Å²) in [4.78, 5) is 0. The van der Waals surface area contributed by atoms with E-state index in [0.29, 0.717) is 39.5 Å². The lowest BCUT2D eigenvalue weighted by Crippen LogP contribution is -1.88. The van der Waals surface area contributed by atoms with E-state index in [2.05, 4.69) is 0 Å². The van der Waals surface area contributed by atoms with E-state index < -0.39 is 11.6 Å². The molecular formula is C49H38ClF3O9. The molecule has 0 aliphatic heterocycles. The van der Waals surface area contributed by atoms with Crippen LogP contribution in [0.5, 0.6) is 74.7 Å². The highest BCUT2D eigenvalue weighted by atomic mass is 35.5. The van der Waals surface area contributed by atoms with E-state index in [4.69, 9.17) is 35.3 Å². The van der Waals surface area contributed by atoms with Gasteiger partial charge in [0.1, 0.15) is 34.6 Å². The van der Waals surface area contributed by atoms with Crippen LogP contribution in [0.1, 0.15) is 0 Å². The van der Waals surface area contributed by atoms with Crippen molar-refractivity contribution < 1.29 is 57.3 Å². The summed E-state index contributed by atoms with van der Waals surface area (Å²) in [6.07, 6.45) is 0. The van der Waals surface area contributed by atoms with Crippen molar-refractivity contribution in [2.45, 2.75) is 0 Å². The number of para-hydroxylation sites is 8. The zero-order valence-corrected chi connectivity index (χ0v) is 33.5. The van der Waals surface area contributed by atoms with E-state index in [-0.39, 0.29) is 40.3 Å². The SMILES string of the molecule is COc1ccc(Oc2ccccc2O)cc1.Oc1ccccc1Oc1ccc(F)c(F)c1.Oc1ccccc1Oc1cccc(Cl)c1.Oc1ccccc1Oc1cccc(F)c1. The number of halogens is 4. The van der Waals surface area contributed by atoms with Gasteiger partial charge in [0.2, 0.25) is 0 Å². The first-order valence-corrected chi connectivity index (χ1v) is 18.8. The van der Waals surface area contributed by atoms with E-state index in [9.17, 15) is 33.6 Å². The first-order valence-electron chi connectivity index (χ1n) is 18.4. The van der Waals surface area contributed by atoms with E-state index in [1.807, 2.05) is 0 Å². The number of rotatable bonds is 9. The van der Waals surface area contributed by atoms with E-state index in [0.717, 1.165) is 17.9 Å². The van der Waals surface area contributed by atoms with Crippen molar-refractivity contribution in [1.29, 1.82) is 0 Å². The van der Waals surface area contributed by atoms with Gasteiger partial charge >= 0.3 is 0 Å². The zero-order chi connectivity index (χ0) is 44.3. The molecule has 8 aromatic carbocycles. The Balaban J connectivity index is 0.000000156. The third-order valence-electron chi connectivity index (χ3n) is 7.91. The minimum atomic E-state index is -0.993. The van der Waals surface area contributed by atoms with Gasteiger partial charge in [-0.3, -0.25) is 0 Å². The van der Waals surface area contributed by atoms with Crippen molar-refractivity contribution in [1.82, 2.24) is 0 Å². The van der Waals surface area contributed by atoms with Crippen molar-refractivity contribution in [3.05, 3.63) is 211 Å². The van der Waals surface area contributed by atoms with Gasteiger partial charge in [0, 0.05) is 17.2 Å². The molecule has 0 saturated heterocycles. The molecule has 8 rings (SSSR count). The standard InChI is InChI=1S/C13H12O3.C12H9ClO2.C12H8F2O2.C12H9FO2/c1-15-10-6-8-11(9-7-10)16-13-5-3-2-4-12(13)14;13-9-4-3-5-10(8-9)15-12-7-2-1-6-11(12)14;13-9-6-5-8(7-10(9)14)16-12-4-2-1-3-11(12)15;13-9-4-3-5-10(8-9)15-12-7-2-1-6-11(12)14/h2-9,14H,1H3;1-8,14H;1-7,15H;1-8,14H. The molecule has 13 heteroatoms. The number of phenolic OH excluding ortho intramolecular Hbond substituents is 4. The molecule has 316 valence electrons. The van der Waals surface area contributed by atoms with Gasteiger partial charge in [-0.25, -0.2) is 13.2 Å². The number of phenols is 4. The Morgan fingerprint density at radius 1 is 0.355 bits per heavy atom. The molecule has 0 unspecified atom stereocenters. The van der Waals surface area contributed by atoms with Crippen molar-refractivity contribution in [3.8, 4) is 74.7 Å². The summed E-state index contributed by atoms with van der Waals surface area (Å²) in [7, 11) is 1.61. The van der Waals surface area contributed by atoms with Crippen LogP contribution in [0.25, 0.3) is 0 Å². The molecule has 0 aliphatic carbocycles. The first kappa shape index (κ1) is 45.1. The fourth-order valence-corrected chi connectivity index (χ4v) is 5.11. The lowest BCUT2D eigenvalue weighted by Gasteiger charge is -2.07. The highest BCUT2D eigenvalue weighted by molar-refractivity contribution is 6.30. The van der Waals surface area contributed by atoms with Crippen LogP contribution in [-0.4, -0.2) is 27.5 Å². The summed E-state index contributed by atoms with van der Waals surface area (Å²) < 4.78 is 64.8. The molecule has 0 fully saturated rings. The molecule has 0 radical (unpaired) electrons. The fourth-order valence-electron chi connectivity index (χ4n) is 4.93. The molecule has 0 spiro atoms. The largest absolute Gasteiger partial charge is 0.504 e. The quantitative estimate of drug-likeness (QED) is 0.112. The Kier molecular flexibility index (Phi) is 16.7. The van der Waals surface area contributed by atoms with E-state index in [1.165, 1.54) is 36.4 Å². The maximum Gasteiger partial charge on any atom is 0.169 e. The van der Waals surface area contributed by atoms with Crippen LogP contribution in [0.3, 0.4) is 0 Å². The zero-order valence-electron chi connectivity index (χ0n) is 32.7. The minimum Gasteiger partial charge on any atom is -0.504 e. The molecule has 0 bridgehead atoms. The number of aromatic hydroxyl groups is 4. The third kappa shape index (κ3) is 14.4. The lowest BCUT2D eigenvalue weighted by molar-refractivity contribution is 0.405. The normalized spacial score (nSPS) is 9.95. The maximum absolute atomic E-state index is 12.9. The smallest absolute Gasteiger partial charge is 0.169 e. The van der Waals surface area contributed by atoms with Gasteiger partial charge in [0.05, 0.1) is 7.11 Å². The second kappa shape index (κ2) is 23.0. The Bertz CT molecular complexity index is 2560. The summed E-state index contributed by atoms with van der Waals surface area (Å²) in [5.41, 5.74) is 0. The number of ether oxygens (including phenoxy) is 5. The molecule has 9 nitrogen and oxygen atoms in total. The molecular weight excluding hydrogens is 825 g/mol. The molecule has 0 saturated carbocycles. The molecule has 0 aromatic heterocycles. The van der Waals surface area contributed by atoms with Gasteiger partial charge < -0.3 is 44.1 Å². The van der Waals surface area contributed by atoms with Crippen molar-refractivity contribution >= 4 is 11.6 Å². The predicted octanol–water partition coefficient (Wildman–Crippen LogP) is 13.8. The van der Waals surface area contributed by atoms with Gasteiger partial charge in [0.25, 0.3) is 0 Å². The Hall–Kier alpha value is -7.96. The summed E-state index contributed by atoms with van der Waals surface area (Å²) >= 11 is 5.81. The summed E-state index contributed by atoms with van der Waals surface area (Å²) in [6, 6.07) is 49.5. The van der Waals surface area contributed by atoms with E-state index >= 15 is 0 Å². The number of methoxy groups -OCH3 is 1. The molecule has 62 heavy (non-hydrogen) atoms. The van der Waals surface area contributed by atoms with Crippen LogP contribution < -0.4 is 23.7 Å². The lowest BCUT2D eigenvalue weighted by atomic mass is 10.3. The number of hydrogen-bond donors (Lipinski definition) is 4. The molecule has 0 heterocycles. The van der Waals surface area contributed by atoms with Gasteiger partial charge in [-0.15, -0.1) is 0 Å². The second-order valence-corrected chi connectivity index (χ2v) is 12.9. The summed E-state index contributed by atoms with van der Waals surface area (Å²) in [5, 5.41) is 38.4. The van der Waals surface area contributed by atoms with Crippen molar-refractivity contribution in [2.24, 2.45) is 0 Å². The molecule has 0 aliphatic rings. The van der Waals surface area contributed by atoms with Crippen LogP contribution >= 0.6 is 11.6 Å². The summed E-state index contributed by atoms with van der Waals surface area (Å²) in [5.74, 6) is 1.75. The van der Waals surface area contributed by atoms with Crippen LogP contribution in [0.15, 0.2) is 188 Å². The van der Waals surface area contributed by atoms with Crippen LogP contribution in [0.4, 0.5) is 13.2 Å². The van der Waals surface area contributed by atoms with Crippen LogP contribution in [0, 0.1) is 17.5 Å². The van der Waals surface area contributed by atoms with Gasteiger partial charge in [0.15, 0.2) is 57.6 Å². The predicted molar refractivity (Wildman–Crippen MR) is 230 cm³/mol. The highest BCUT2D eigenvalue weighted by Gasteiger charge is 2.08. The molecule has 0 atom stereocenters. The Morgan fingerprint density at radius 3 is 1.13 bits per heavy atom. The van der Waals surface area contributed by atoms with Gasteiger partial charge in [-0.05, 0) is 115 Å². The Labute approximate surface area is 360 Å². The van der Waals surface area contributed by atoms with Gasteiger partial charge in [-0.2, -0.15) is 0 Å². The topological polar surface area (TPSA) is 127 Å². The third-order valence-corrected chi connectivity index (χ3v) is 8.15. The fraction of sp³-hybridized carbons (Fsp3) is 0.0204. The van der Waals surface area contributed by atoms with Crippen LogP contribution in [0.2, 0.25) is 5.02 Å². The molecule has 4 N–H and O–H groups in total. The minimum absolute atomic E-state index is 0.0294. The van der Waals surface area contributed by atoms with Crippen molar-refractivity contribution in [2.75, 3.05) is 7.11 Å². The number of benzene rings is 8. The maximum atomic E-state index is 12.9. The van der Waals surface area contributed by atoms with E-state index in [1.54, 1.807) is 147 Å². The molecule has 0 amide bonds. The average molecular weight is 863 g/mol. The summed E-state index contributed by atoms with van der Waals surface area (Å²) in [6.45, 7) is 0. The number of hydrogen-bond acceptors (Lipinski definition) is 9. The monoisotopic (exact) mass is 862 g/mol. The average Bonchev–Trinajstić information content (AvgIpc) is 3.27.